The Balaban J connectivity index is 1.11. The minimum atomic E-state index is -1.18. The molecule has 37 heavy (non-hydrogen) atoms. The van der Waals surface area contributed by atoms with E-state index in [1.54, 1.807) is 18.5 Å². The van der Waals surface area contributed by atoms with E-state index in [-0.39, 0.29) is 17.0 Å². The van der Waals surface area contributed by atoms with Crippen LogP contribution < -0.4 is 5.69 Å². The second-order valence-corrected chi connectivity index (χ2v) is 12.1. The van der Waals surface area contributed by atoms with Gasteiger partial charge in [0.2, 0.25) is 0 Å². The molecule has 2 fully saturated rings. The Morgan fingerprint density at radius 1 is 1.14 bits per heavy atom. The van der Waals surface area contributed by atoms with Crippen molar-refractivity contribution in [1.29, 1.82) is 0 Å². The first-order valence-corrected chi connectivity index (χ1v) is 14.0. The lowest BCUT2D eigenvalue weighted by molar-refractivity contribution is -0.168. The summed E-state index contributed by atoms with van der Waals surface area (Å²) >= 11 is 0. The van der Waals surface area contributed by atoms with E-state index in [1.807, 2.05) is 4.57 Å². The van der Waals surface area contributed by atoms with Gasteiger partial charge in [0.05, 0.1) is 12.1 Å². The van der Waals surface area contributed by atoms with Crippen LogP contribution >= 0.6 is 0 Å². The fourth-order valence-electron chi connectivity index (χ4n) is 6.04. The normalized spacial score (nSPS) is 29.4. The predicted octanol–water partition coefficient (Wildman–Crippen LogP) is 5.21. The lowest BCUT2D eigenvalue weighted by atomic mass is 9.96. The summed E-state index contributed by atoms with van der Waals surface area (Å²) in [6.45, 7) is 8.87. The third kappa shape index (κ3) is 5.20. The number of nitrogens with zero attached hydrogens (tertiary/aromatic N) is 3. The van der Waals surface area contributed by atoms with Crippen LogP contribution in [0.5, 0.6) is 0 Å². The van der Waals surface area contributed by atoms with E-state index >= 15 is 0 Å². The third-order valence-corrected chi connectivity index (χ3v) is 8.54. The van der Waals surface area contributed by atoms with Crippen molar-refractivity contribution in [3.8, 4) is 0 Å². The molecule has 200 valence electrons. The quantitative estimate of drug-likeness (QED) is 0.370. The largest absolute Gasteiger partial charge is 0.479 e. The Bertz CT molecular complexity index is 1250. The van der Waals surface area contributed by atoms with Crippen molar-refractivity contribution in [3.63, 3.8) is 0 Å². The number of hydrogen-bond donors (Lipinski definition) is 1. The van der Waals surface area contributed by atoms with E-state index in [2.05, 4.69) is 50.3 Å². The highest BCUT2D eigenvalue weighted by molar-refractivity contribution is 5.76. The van der Waals surface area contributed by atoms with Crippen LogP contribution in [-0.4, -0.2) is 36.6 Å². The fraction of sp³-hybridized carbons (Fsp3) is 0.633. The van der Waals surface area contributed by atoms with Gasteiger partial charge in [-0.25, -0.2) is 14.3 Å². The zero-order valence-corrected chi connectivity index (χ0v) is 22.7. The molecule has 0 radical (unpaired) electrons. The van der Waals surface area contributed by atoms with E-state index in [9.17, 15) is 14.7 Å². The average Bonchev–Trinajstić information content (AvgIpc) is 3.71. The molecular weight excluding hydrogens is 466 g/mol. The zero-order chi connectivity index (χ0) is 26.4. The van der Waals surface area contributed by atoms with Crippen LogP contribution in [0.2, 0.25) is 0 Å². The van der Waals surface area contributed by atoms with Gasteiger partial charge < -0.3 is 9.84 Å². The maximum atomic E-state index is 13.1. The first kappa shape index (κ1) is 26.0. The van der Waals surface area contributed by atoms with Gasteiger partial charge in [0.1, 0.15) is 5.82 Å². The number of aliphatic carboxylic acids is 1. The Morgan fingerprint density at radius 2 is 1.92 bits per heavy atom. The molecular formula is C30H41N3O4. The van der Waals surface area contributed by atoms with Crippen molar-refractivity contribution in [1.82, 2.24) is 14.3 Å². The molecule has 0 saturated heterocycles. The fourth-order valence-corrected chi connectivity index (χ4v) is 6.04. The summed E-state index contributed by atoms with van der Waals surface area (Å²) in [6, 6.07) is 0. The second kappa shape index (κ2) is 9.57. The molecule has 0 spiro atoms. The van der Waals surface area contributed by atoms with E-state index < -0.39 is 17.2 Å². The van der Waals surface area contributed by atoms with Crippen LogP contribution in [0, 0.1) is 17.3 Å². The van der Waals surface area contributed by atoms with Crippen molar-refractivity contribution in [3.05, 3.63) is 63.9 Å². The maximum absolute atomic E-state index is 13.1. The summed E-state index contributed by atoms with van der Waals surface area (Å²) in [5.74, 6) is 0.815. The Labute approximate surface area is 219 Å². The number of aryl methyl sites for hydroxylation is 1. The summed E-state index contributed by atoms with van der Waals surface area (Å²) in [7, 11) is 0. The molecule has 1 aromatic heterocycles. The highest BCUT2D eigenvalue weighted by atomic mass is 16.6. The number of hydrogen-bond acceptors (Lipinski definition) is 4. The second-order valence-electron chi connectivity index (χ2n) is 12.1. The highest BCUT2D eigenvalue weighted by Gasteiger charge is 2.57. The number of carboxylic acid groups (broad SMARTS) is 1. The molecule has 4 aliphatic rings. The van der Waals surface area contributed by atoms with E-state index in [0.29, 0.717) is 12.5 Å². The third-order valence-electron chi connectivity index (χ3n) is 8.54. The van der Waals surface area contributed by atoms with Gasteiger partial charge in [-0.15, -0.1) is 0 Å². The first-order valence-electron chi connectivity index (χ1n) is 14.0. The van der Waals surface area contributed by atoms with Gasteiger partial charge in [0.25, 0.3) is 0 Å². The van der Waals surface area contributed by atoms with E-state index in [1.165, 1.54) is 11.1 Å². The number of unbranched alkanes of at least 4 members (excludes halogenated alkanes) is 2. The first-order chi connectivity index (χ1) is 17.6. The maximum Gasteiger partial charge on any atom is 0.345 e. The van der Waals surface area contributed by atoms with Crippen LogP contribution in [-0.2, 0) is 29.0 Å². The summed E-state index contributed by atoms with van der Waals surface area (Å²) in [5, 5.41) is 14.2. The SMILES string of the molecule is CCCn1c(CCCCCC2=CC3CC3(OC(C)(C)C(=O)O)C=C2)nn(CC23C=CC(C)=CC2C3)c1=O. The lowest BCUT2D eigenvalue weighted by Gasteiger charge is -2.27. The van der Waals surface area contributed by atoms with Crippen LogP contribution in [0.25, 0.3) is 0 Å². The van der Waals surface area contributed by atoms with Crippen molar-refractivity contribution in [2.75, 3.05) is 0 Å². The molecule has 7 heteroatoms. The van der Waals surface area contributed by atoms with Crippen molar-refractivity contribution >= 4 is 5.97 Å². The number of carboxylic acids is 1. The van der Waals surface area contributed by atoms with Crippen LogP contribution in [0.3, 0.4) is 0 Å². The van der Waals surface area contributed by atoms with Crippen molar-refractivity contribution < 1.29 is 14.6 Å². The van der Waals surface area contributed by atoms with Crippen molar-refractivity contribution in [2.24, 2.45) is 17.3 Å². The number of rotatable bonds is 13. The number of ether oxygens (including phenoxy) is 1. The standard InChI is InChI=1S/C30H41N3O4/c1-5-15-32-25(31-33(27(32)36)20-29-13-11-21(2)16-23(29)18-29)10-8-6-7-9-22-12-14-30(19-24(30)17-22)37-28(3,4)26(34)35/h11-14,16-17,23-24H,5-10,15,18-20H2,1-4H3,(H,34,35). The zero-order valence-electron chi connectivity index (χ0n) is 22.7. The lowest BCUT2D eigenvalue weighted by Crippen LogP contribution is -2.40. The van der Waals surface area contributed by atoms with Gasteiger partial charge in [-0.3, -0.25) is 4.57 Å². The molecule has 4 atom stereocenters. The Kier molecular flexibility index (Phi) is 6.71. The highest BCUT2D eigenvalue weighted by Crippen LogP contribution is 2.58. The molecule has 0 aliphatic heterocycles. The molecule has 4 aliphatic carbocycles. The molecule has 0 amide bonds. The summed E-state index contributed by atoms with van der Waals surface area (Å²) in [4.78, 5) is 24.5. The van der Waals surface area contributed by atoms with Gasteiger partial charge in [-0.2, -0.15) is 5.10 Å². The molecule has 2 saturated carbocycles. The minimum Gasteiger partial charge on any atom is -0.479 e. The van der Waals surface area contributed by atoms with E-state index in [4.69, 9.17) is 9.84 Å². The Hall–Kier alpha value is -2.67. The molecule has 7 nitrogen and oxygen atoms in total. The summed E-state index contributed by atoms with van der Waals surface area (Å²) in [5.41, 5.74) is 1.13. The van der Waals surface area contributed by atoms with Gasteiger partial charge in [-0.1, -0.05) is 60.9 Å². The molecule has 1 aromatic rings. The molecule has 5 rings (SSSR count). The summed E-state index contributed by atoms with van der Waals surface area (Å²) in [6.07, 6.45) is 21.1. The van der Waals surface area contributed by atoms with Gasteiger partial charge in [0, 0.05) is 24.3 Å². The summed E-state index contributed by atoms with van der Waals surface area (Å²) < 4.78 is 9.58. The molecule has 1 N–H and O–H groups in total. The van der Waals surface area contributed by atoms with Crippen molar-refractivity contribution in [2.45, 2.75) is 103 Å². The molecule has 4 unspecified atom stereocenters. The monoisotopic (exact) mass is 507 g/mol. The average molecular weight is 508 g/mol. The predicted molar refractivity (Wildman–Crippen MR) is 143 cm³/mol. The minimum absolute atomic E-state index is 0.0373. The van der Waals surface area contributed by atoms with Gasteiger partial charge in [0.15, 0.2) is 5.60 Å². The number of aromatic nitrogens is 3. The van der Waals surface area contributed by atoms with Crippen LogP contribution in [0.1, 0.15) is 78.5 Å². The van der Waals surface area contributed by atoms with Gasteiger partial charge >= 0.3 is 11.7 Å². The molecule has 0 bridgehead atoms. The number of fused-ring (bicyclic) bond motifs is 2. The van der Waals surface area contributed by atoms with Crippen LogP contribution in [0.4, 0.5) is 0 Å². The van der Waals surface area contributed by atoms with E-state index in [0.717, 1.165) is 63.7 Å². The van der Waals surface area contributed by atoms with Gasteiger partial charge in [-0.05, 0) is 65.2 Å². The Morgan fingerprint density at radius 3 is 2.62 bits per heavy atom. The number of allylic oxidation sites excluding steroid dienone is 6. The smallest absolute Gasteiger partial charge is 0.345 e. The topological polar surface area (TPSA) is 86.3 Å². The molecule has 0 aromatic carbocycles. The molecule has 1 heterocycles. The van der Waals surface area contributed by atoms with Crippen LogP contribution in [0.15, 0.2) is 52.4 Å². The number of carbonyl (C=O) groups is 1.